The second-order valence-electron chi connectivity index (χ2n) is 10.6. The van der Waals surface area contributed by atoms with E-state index in [1.54, 1.807) is 12.1 Å². The topological polar surface area (TPSA) is 97.1 Å². The number of hydrogen-bond donors (Lipinski definition) is 2. The van der Waals surface area contributed by atoms with E-state index in [-0.39, 0.29) is 0 Å². The van der Waals surface area contributed by atoms with Crippen LogP contribution in [0.4, 0.5) is 0 Å². The molecule has 3 heterocycles. The molecular weight excluding hydrogens is 462 g/mol. The minimum Gasteiger partial charge on any atom is -0.496 e. The fraction of sp³-hybridized carbons (Fsp3) is 0.367. The number of nitrogens with zero attached hydrogens (tertiary/aromatic N) is 3. The number of likely N-dealkylation sites (tertiary alicyclic amines) is 1. The molecule has 0 saturated carbocycles. The number of pyridine rings is 1. The molecule has 37 heavy (non-hydrogen) atoms. The number of aromatic nitrogens is 3. The van der Waals surface area contributed by atoms with Gasteiger partial charge in [-0.25, -0.2) is 4.98 Å². The highest BCUT2D eigenvalue weighted by Gasteiger charge is 2.34. The number of ether oxygens (including phenoxy) is 1. The lowest BCUT2D eigenvalue weighted by Gasteiger charge is -2.38. The summed E-state index contributed by atoms with van der Waals surface area (Å²) in [6.45, 7) is 4.95. The van der Waals surface area contributed by atoms with Gasteiger partial charge in [0.1, 0.15) is 5.75 Å². The van der Waals surface area contributed by atoms with Gasteiger partial charge >= 0.3 is 0 Å². The number of carbonyl (C=O) groups is 1. The fourth-order valence-electron chi connectivity index (χ4n) is 6.12. The van der Waals surface area contributed by atoms with Gasteiger partial charge in [0.25, 0.3) is 5.91 Å². The minimum atomic E-state index is -0.522. The lowest BCUT2D eigenvalue weighted by atomic mass is 9.90. The summed E-state index contributed by atoms with van der Waals surface area (Å²) < 4.78 is 5.41. The number of H-pyrrole nitrogens is 1. The molecule has 0 bridgehead atoms. The van der Waals surface area contributed by atoms with Crippen LogP contribution < -0.4 is 10.5 Å². The summed E-state index contributed by atoms with van der Waals surface area (Å²) in [5.74, 6) is -0.0886. The van der Waals surface area contributed by atoms with Gasteiger partial charge in [-0.3, -0.25) is 14.8 Å². The molecule has 7 nitrogen and oxygen atoms in total. The quantitative estimate of drug-likeness (QED) is 0.374. The summed E-state index contributed by atoms with van der Waals surface area (Å²) in [5.41, 5.74) is 13.6. The Balaban J connectivity index is 1.33. The molecule has 1 saturated heterocycles. The van der Waals surface area contributed by atoms with E-state index < -0.39 is 5.91 Å². The lowest BCUT2D eigenvalue weighted by Crippen LogP contribution is -2.44. The van der Waals surface area contributed by atoms with Crippen LogP contribution in [0.3, 0.4) is 0 Å². The van der Waals surface area contributed by atoms with Crippen LogP contribution in [-0.2, 0) is 12.8 Å². The first-order chi connectivity index (χ1) is 17.9. The van der Waals surface area contributed by atoms with Crippen molar-refractivity contribution in [2.45, 2.75) is 51.0 Å². The number of aromatic amines is 1. The Bertz CT molecular complexity index is 1490. The van der Waals surface area contributed by atoms with Crippen molar-refractivity contribution in [2.24, 2.45) is 5.73 Å². The smallest absolute Gasteiger partial charge is 0.252 e. The molecule has 2 aromatic heterocycles. The molecule has 2 aromatic carbocycles. The maximum Gasteiger partial charge on any atom is 0.252 e. The summed E-state index contributed by atoms with van der Waals surface area (Å²) in [7, 11) is 1.53. The maximum absolute atomic E-state index is 11.7. The van der Waals surface area contributed by atoms with Crippen LogP contribution in [0.25, 0.3) is 33.4 Å². The SMILES string of the molecule is COc1cc(-c2[nH]nc3ncc(-c4ccc5c(c4)CCC(C)(N4CCCC4)CC5)cc23)ccc1C(N)=O. The molecule has 0 radical (unpaired) electrons. The highest BCUT2D eigenvalue weighted by atomic mass is 16.5. The van der Waals surface area contributed by atoms with Gasteiger partial charge in [0.2, 0.25) is 0 Å². The predicted octanol–water partition coefficient (Wildman–Crippen LogP) is 5.13. The monoisotopic (exact) mass is 495 g/mol. The van der Waals surface area contributed by atoms with E-state index >= 15 is 0 Å². The van der Waals surface area contributed by atoms with Crippen LogP contribution in [0.2, 0.25) is 0 Å². The number of nitrogens with one attached hydrogen (secondary N) is 1. The number of aryl methyl sites for hydroxylation is 2. The van der Waals surface area contributed by atoms with Gasteiger partial charge in [-0.05, 0) is 93.4 Å². The third kappa shape index (κ3) is 4.27. The third-order valence-corrected chi connectivity index (χ3v) is 8.44. The first-order valence-electron chi connectivity index (χ1n) is 13.1. The van der Waals surface area contributed by atoms with Gasteiger partial charge < -0.3 is 10.5 Å². The first-order valence-corrected chi connectivity index (χ1v) is 13.1. The van der Waals surface area contributed by atoms with Crippen LogP contribution in [0.5, 0.6) is 5.75 Å². The normalized spacial score (nSPS) is 20.1. The van der Waals surface area contributed by atoms with Gasteiger partial charge in [0.05, 0.1) is 18.4 Å². The maximum atomic E-state index is 11.7. The Morgan fingerprint density at radius 2 is 1.76 bits per heavy atom. The zero-order valence-electron chi connectivity index (χ0n) is 21.5. The van der Waals surface area contributed by atoms with Crippen molar-refractivity contribution in [2.75, 3.05) is 20.2 Å². The van der Waals surface area contributed by atoms with Gasteiger partial charge in [0.15, 0.2) is 5.65 Å². The van der Waals surface area contributed by atoms with E-state index in [2.05, 4.69) is 51.3 Å². The molecule has 190 valence electrons. The Morgan fingerprint density at radius 1 is 1.00 bits per heavy atom. The van der Waals surface area contributed by atoms with Crippen molar-refractivity contribution in [3.05, 3.63) is 65.4 Å². The summed E-state index contributed by atoms with van der Waals surface area (Å²) in [6, 6.07) is 14.4. The number of methoxy groups -OCH3 is 1. The molecule has 1 aliphatic carbocycles. The number of primary amides is 1. The molecule has 6 rings (SSSR count). The molecule has 3 N–H and O–H groups in total. The zero-order valence-corrected chi connectivity index (χ0v) is 21.5. The predicted molar refractivity (Wildman–Crippen MR) is 146 cm³/mol. The van der Waals surface area contributed by atoms with Crippen LogP contribution in [-0.4, -0.2) is 51.7 Å². The summed E-state index contributed by atoms with van der Waals surface area (Å²) in [4.78, 5) is 19.1. The van der Waals surface area contributed by atoms with E-state index in [9.17, 15) is 4.79 Å². The fourth-order valence-corrected chi connectivity index (χ4v) is 6.12. The van der Waals surface area contributed by atoms with Gasteiger partial charge in [-0.2, -0.15) is 5.10 Å². The highest BCUT2D eigenvalue weighted by molar-refractivity contribution is 5.98. The second kappa shape index (κ2) is 9.30. The Labute approximate surface area is 217 Å². The molecule has 1 atom stereocenters. The average molecular weight is 496 g/mol. The van der Waals surface area contributed by atoms with Gasteiger partial charge in [-0.15, -0.1) is 0 Å². The Morgan fingerprint density at radius 3 is 2.51 bits per heavy atom. The van der Waals surface area contributed by atoms with Crippen molar-refractivity contribution in [1.29, 1.82) is 0 Å². The third-order valence-electron chi connectivity index (χ3n) is 8.44. The van der Waals surface area contributed by atoms with E-state index in [1.807, 2.05) is 12.3 Å². The van der Waals surface area contributed by atoms with E-state index in [1.165, 1.54) is 62.6 Å². The van der Waals surface area contributed by atoms with Gasteiger partial charge in [-0.1, -0.05) is 24.3 Å². The molecule has 1 amide bonds. The molecule has 1 aliphatic heterocycles. The summed E-state index contributed by atoms with van der Waals surface area (Å²) in [6.07, 6.45) is 9.24. The number of amides is 1. The van der Waals surface area contributed by atoms with Crippen molar-refractivity contribution in [3.8, 4) is 28.1 Å². The molecule has 1 fully saturated rings. The van der Waals surface area contributed by atoms with Crippen LogP contribution >= 0.6 is 0 Å². The number of nitrogens with two attached hydrogens (primary N) is 1. The zero-order chi connectivity index (χ0) is 25.6. The van der Waals surface area contributed by atoms with Crippen molar-refractivity contribution in [3.63, 3.8) is 0 Å². The van der Waals surface area contributed by atoms with Crippen molar-refractivity contribution < 1.29 is 9.53 Å². The molecular formula is C30H33N5O2. The largest absolute Gasteiger partial charge is 0.496 e. The summed E-state index contributed by atoms with van der Waals surface area (Å²) in [5, 5.41) is 8.44. The van der Waals surface area contributed by atoms with Gasteiger partial charge in [0, 0.05) is 28.2 Å². The minimum absolute atomic E-state index is 0.299. The molecule has 0 spiro atoms. The number of rotatable bonds is 5. The molecule has 1 unspecified atom stereocenters. The van der Waals surface area contributed by atoms with E-state index in [4.69, 9.17) is 10.5 Å². The number of hydrogen-bond acceptors (Lipinski definition) is 5. The molecule has 4 aromatic rings. The Kier molecular flexibility index (Phi) is 5.95. The Hall–Kier alpha value is -3.71. The van der Waals surface area contributed by atoms with Crippen LogP contribution in [0, 0.1) is 0 Å². The molecule has 2 aliphatic rings. The van der Waals surface area contributed by atoms with E-state index in [0.717, 1.165) is 35.0 Å². The number of fused-ring (bicyclic) bond motifs is 2. The average Bonchev–Trinajstić information content (AvgIpc) is 3.58. The number of carbonyl (C=O) groups excluding carboxylic acids is 1. The lowest BCUT2D eigenvalue weighted by molar-refractivity contribution is 0.0997. The van der Waals surface area contributed by atoms with Crippen LogP contribution in [0.15, 0.2) is 48.7 Å². The molecule has 7 heteroatoms. The number of benzene rings is 2. The van der Waals surface area contributed by atoms with Crippen molar-refractivity contribution >= 4 is 16.9 Å². The van der Waals surface area contributed by atoms with Crippen molar-refractivity contribution in [1.82, 2.24) is 20.1 Å². The highest BCUT2D eigenvalue weighted by Crippen LogP contribution is 2.37. The second-order valence-corrected chi connectivity index (χ2v) is 10.6. The first kappa shape index (κ1) is 23.7. The summed E-state index contributed by atoms with van der Waals surface area (Å²) >= 11 is 0. The van der Waals surface area contributed by atoms with Crippen LogP contribution in [0.1, 0.15) is 54.1 Å². The van der Waals surface area contributed by atoms with E-state index in [0.29, 0.717) is 22.5 Å². The standard InChI is InChI=1S/C30H33N5O2/c1-30(35-13-3-4-14-35)11-9-19-5-6-20(15-21(19)10-12-30)23-16-25-27(33-34-29(25)32-18-23)22-7-8-24(28(31)36)26(17-22)37-2/h5-8,15-18H,3-4,9-14H2,1-2H3,(H2,31,36)(H,32,33,34).